The van der Waals surface area contributed by atoms with E-state index in [1.165, 1.54) is 0 Å². The average molecular weight is 419 g/mol. The number of carbonyl (C=O) groups excluding carboxylic acids is 2. The van der Waals surface area contributed by atoms with Crippen molar-refractivity contribution >= 4 is 12.0 Å². The van der Waals surface area contributed by atoms with Crippen molar-refractivity contribution in [3.8, 4) is 17.1 Å². The molecule has 1 fully saturated rings. The van der Waals surface area contributed by atoms with Gasteiger partial charge in [0.25, 0.3) is 5.91 Å². The lowest BCUT2D eigenvalue weighted by Gasteiger charge is -2.31. The number of aromatic nitrogens is 3. The fourth-order valence-corrected chi connectivity index (χ4v) is 3.60. The topological polar surface area (TPSA) is 89.4 Å². The minimum Gasteiger partial charge on any atom is -0.450 e. The molecule has 0 unspecified atom stereocenters. The Morgan fingerprint density at radius 1 is 1.03 bits per heavy atom. The van der Waals surface area contributed by atoms with Gasteiger partial charge in [0.05, 0.1) is 12.3 Å². The number of para-hydroxylation sites is 1. The summed E-state index contributed by atoms with van der Waals surface area (Å²) in [5.74, 6) is 0.408. The van der Waals surface area contributed by atoms with E-state index in [0.29, 0.717) is 38.4 Å². The van der Waals surface area contributed by atoms with E-state index in [2.05, 4.69) is 15.4 Å². The van der Waals surface area contributed by atoms with E-state index >= 15 is 0 Å². The lowest BCUT2D eigenvalue weighted by molar-refractivity contribution is 0.0853. The molecule has 2 aromatic carbocycles. The van der Waals surface area contributed by atoms with Crippen LogP contribution in [0.25, 0.3) is 17.1 Å². The van der Waals surface area contributed by atoms with E-state index in [0.717, 1.165) is 11.3 Å². The second-order valence-corrected chi connectivity index (χ2v) is 7.31. The Labute approximate surface area is 180 Å². The number of benzene rings is 2. The zero-order valence-electron chi connectivity index (χ0n) is 17.4. The van der Waals surface area contributed by atoms with Gasteiger partial charge in [-0.2, -0.15) is 0 Å². The van der Waals surface area contributed by atoms with Crippen LogP contribution in [0.2, 0.25) is 0 Å². The second kappa shape index (κ2) is 9.42. The number of hydrogen-bond donors (Lipinski definition) is 1. The molecule has 2 heterocycles. The van der Waals surface area contributed by atoms with Crippen LogP contribution in [0.15, 0.2) is 60.7 Å². The van der Waals surface area contributed by atoms with Gasteiger partial charge in [-0.3, -0.25) is 4.79 Å². The summed E-state index contributed by atoms with van der Waals surface area (Å²) in [6.45, 7) is 3.24. The van der Waals surface area contributed by atoms with Gasteiger partial charge in [0.15, 0.2) is 5.82 Å². The van der Waals surface area contributed by atoms with E-state index in [1.807, 2.05) is 60.7 Å². The molecule has 0 aliphatic carbocycles. The molecule has 1 aliphatic heterocycles. The summed E-state index contributed by atoms with van der Waals surface area (Å²) in [4.78, 5) is 31.0. The van der Waals surface area contributed by atoms with Crippen LogP contribution < -0.4 is 5.32 Å². The summed E-state index contributed by atoms with van der Waals surface area (Å²) >= 11 is 0. The van der Waals surface area contributed by atoms with Crippen molar-refractivity contribution in [2.45, 2.75) is 25.8 Å². The maximum atomic E-state index is 12.9. The fraction of sp³-hybridized carbons (Fsp3) is 0.304. The van der Waals surface area contributed by atoms with Crippen LogP contribution in [0, 0.1) is 0 Å². The first-order valence-electron chi connectivity index (χ1n) is 10.5. The van der Waals surface area contributed by atoms with Crippen LogP contribution in [-0.4, -0.2) is 57.4 Å². The van der Waals surface area contributed by atoms with Crippen LogP contribution in [0.3, 0.4) is 0 Å². The molecule has 31 heavy (non-hydrogen) atoms. The molecule has 3 aromatic rings. The molecule has 8 heteroatoms. The van der Waals surface area contributed by atoms with Gasteiger partial charge >= 0.3 is 6.09 Å². The minimum absolute atomic E-state index is 0.0398. The molecule has 0 atom stereocenters. The summed E-state index contributed by atoms with van der Waals surface area (Å²) in [6.07, 6.45) is 1.02. The Bertz CT molecular complexity index is 971. The van der Waals surface area contributed by atoms with Crippen molar-refractivity contribution in [1.82, 2.24) is 25.0 Å². The minimum atomic E-state index is -0.318. The Balaban J connectivity index is 1.50. The van der Waals surface area contributed by atoms with Gasteiger partial charge in [-0.1, -0.05) is 48.5 Å². The van der Waals surface area contributed by atoms with Crippen LogP contribution in [0.4, 0.5) is 4.79 Å². The molecule has 0 saturated carbocycles. The molecule has 0 spiro atoms. The van der Waals surface area contributed by atoms with Crippen molar-refractivity contribution in [2.24, 2.45) is 0 Å². The van der Waals surface area contributed by atoms with Crippen LogP contribution >= 0.6 is 0 Å². The Hall–Kier alpha value is -3.68. The number of hydrogen-bond acceptors (Lipinski definition) is 5. The van der Waals surface area contributed by atoms with Crippen LogP contribution in [0.5, 0.6) is 0 Å². The molecule has 0 bridgehead atoms. The highest BCUT2D eigenvalue weighted by Crippen LogP contribution is 2.21. The molecule has 160 valence electrons. The van der Waals surface area contributed by atoms with Gasteiger partial charge in [-0.15, -0.1) is 5.10 Å². The third-order valence-corrected chi connectivity index (χ3v) is 5.20. The molecule has 1 N–H and O–H groups in total. The Morgan fingerprint density at radius 3 is 2.32 bits per heavy atom. The van der Waals surface area contributed by atoms with E-state index in [4.69, 9.17) is 4.74 Å². The first-order valence-corrected chi connectivity index (χ1v) is 10.5. The van der Waals surface area contributed by atoms with Crippen LogP contribution in [-0.2, 0) is 4.74 Å². The lowest BCUT2D eigenvalue weighted by Crippen LogP contribution is -2.46. The predicted octanol–water partition coefficient (Wildman–Crippen LogP) is 3.29. The number of rotatable bonds is 5. The number of piperidine rings is 1. The number of nitrogens with zero attached hydrogens (tertiary/aromatic N) is 4. The number of nitrogens with one attached hydrogen (secondary N) is 1. The zero-order chi connectivity index (χ0) is 21.6. The first kappa shape index (κ1) is 20.6. The van der Waals surface area contributed by atoms with Gasteiger partial charge in [0, 0.05) is 24.7 Å². The predicted molar refractivity (Wildman–Crippen MR) is 116 cm³/mol. The van der Waals surface area contributed by atoms with Gasteiger partial charge < -0.3 is 15.0 Å². The molecular weight excluding hydrogens is 394 g/mol. The molecule has 1 aromatic heterocycles. The maximum Gasteiger partial charge on any atom is 0.409 e. The third-order valence-electron chi connectivity index (χ3n) is 5.20. The summed E-state index contributed by atoms with van der Waals surface area (Å²) < 4.78 is 6.73. The molecule has 1 saturated heterocycles. The smallest absolute Gasteiger partial charge is 0.409 e. The van der Waals surface area contributed by atoms with Gasteiger partial charge in [-0.25, -0.2) is 14.5 Å². The van der Waals surface area contributed by atoms with Crippen molar-refractivity contribution in [3.05, 3.63) is 66.5 Å². The largest absolute Gasteiger partial charge is 0.450 e. The second-order valence-electron chi connectivity index (χ2n) is 7.31. The fourth-order valence-electron chi connectivity index (χ4n) is 3.60. The SMILES string of the molecule is CCOC(=O)N1CCC(NC(=O)c2nc(-c3ccccc3)n(-c3ccccc3)n2)CC1. The van der Waals surface area contributed by atoms with E-state index in [1.54, 1.807) is 16.5 Å². The maximum absolute atomic E-state index is 12.9. The van der Waals surface area contributed by atoms with Gasteiger partial charge in [0.2, 0.25) is 5.82 Å². The monoisotopic (exact) mass is 419 g/mol. The van der Waals surface area contributed by atoms with E-state index < -0.39 is 0 Å². The van der Waals surface area contributed by atoms with E-state index in [9.17, 15) is 9.59 Å². The standard InChI is InChI=1S/C23H25N5O3/c1-2-31-23(30)27-15-13-18(14-16-27)24-22(29)20-25-21(17-9-5-3-6-10-17)28(26-20)19-11-7-4-8-12-19/h3-12,18H,2,13-16H2,1H3,(H,24,29). The highest BCUT2D eigenvalue weighted by Gasteiger charge is 2.26. The number of amides is 2. The van der Waals surface area contributed by atoms with E-state index in [-0.39, 0.29) is 23.9 Å². The van der Waals surface area contributed by atoms with Crippen molar-refractivity contribution in [2.75, 3.05) is 19.7 Å². The molecule has 4 rings (SSSR count). The van der Waals surface area contributed by atoms with Crippen molar-refractivity contribution in [3.63, 3.8) is 0 Å². The highest BCUT2D eigenvalue weighted by molar-refractivity contribution is 5.91. The third kappa shape index (κ3) is 4.74. The Morgan fingerprint density at radius 2 is 1.68 bits per heavy atom. The van der Waals surface area contributed by atoms with Gasteiger partial charge in [0.1, 0.15) is 0 Å². The summed E-state index contributed by atoms with van der Waals surface area (Å²) in [5, 5.41) is 7.51. The summed E-state index contributed by atoms with van der Waals surface area (Å²) in [6, 6.07) is 19.2. The zero-order valence-corrected chi connectivity index (χ0v) is 17.4. The Kier molecular flexibility index (Phi) is 6.26. The summed E-state index contributed by atoms with van der Waals surface area (Å²) in [7, 11) is 0. The van der Waals surface area contributed by atoms with Crippen molar-refractivity contribution < 1.29 is 14.3 Å². The molecule has 1 aliphatic rings. The summed E-state index contributed by atoms with van der Waals surface area (Å²) in [5.41, 5.74) is 1.70. The van der Waals surface area contributed by atoms with Crippen LogP contribution in [0.1, 0.15) is 30.4 Å². The number of ether oxygens (including phenoxy) is 1. The number of carbonyl (C=O) groups is 2. The van der Waals surface area contributed by atoms with Crippen molar-refractivity contribution in [1.29, 1.82) is 0 Å². The van der Waals surface area contributed by atoms with Gasteiger partial charge in [-0.05, 0) is 31.9 Å². The quantitative estimate of drug-likeness (QED) is 0.686. The number of likely N-dealkylation sites (tertiary alicyclic amines) is 1. The average Bonchev–Trinajstić information content (AvgIpc) is 3.27. The normalized spacial score (nSPS) is 14.3. The molecular formula is C23H25N5O3. The molecule has 8 nitrogen and oxygen atoms in total. The molecule has 0 radical (unpaired) electrons. The lowest BCUT2D eigenvalue weighted by atomic mass is 10.1. The molecule has 2 amide bonds. The first-order chi connectivity index (χ1) is 15.2. The highest BCUT2D eigenvalue weighted by atomic mass is 16.6.